The molecule has 0 aliphatic carbocycles. The summed E-state index contributed by atoms with van der Waals surface area (Å²) in [5.41, 5.74) is 3.12. The van der Waals surface area contributed by atoms with Crippen LogP contribution < -0.4 is 5.56 Å². The lowest BCUT2D eigenvalue weighted by atomic mass is 10.1. The minimum absolute atomic E-state index is 0.0107. The van der Waals surface area contributed by atoms with Gasteiger partial charge in [0, 0.05) is 32.2 Å². The maximum absolute atomic E-state index is 13.7. The normalized spacial score (nSPS) is 14.7. The Morgan fingerprint density at radius 2 is 2.10 bits per heavy atom. The molecule has 1 aliphatic rings. The van der Waals surface area contributed by atoms with Gasteiger partial charge in [-0.1, -0.05) is 23.9 Å². The van der Waals surface area contributed by atoms with Gasteiger partial charge < -0.3 is 14.4 Å². The number of thiophene rings is 1. The summed E-state index contributed by atoms with van der Waals surface area (Å²) in [5.74, 6) is 0.546. The van der Waals surface area contributed by atoms with Crippen LogP contribution >= 0.6 is 23.1 Å². The zero-order chi connectivity index (χ0) is 20.5. The van der Waals surface area contributed by atoms with Crippen LogP contribution in [0.1, 0.15) is 16.0 Å². The van der Waals surface area contributed by atoms with Crippen molar-refractivity contribution in [2.45, 2.75) is 31.3 Å². The standard InChI is InChI=1S/C21H25N3O3S2/c1-13-6-5-7-14(10-13)24-20(25)18-15-8-9-23(2)11-16(15)29-19(18)22-21(24)28-12-17(26-3)27-4/h5-7,10,17H,8-9,11-12H2,1-4H3. The summed E-state index contributed by atoms with van der Waals surface area (Å²) in [6.45, 7) is 3.86. The van der Waals surface area contributed by atoms with Crippen molar-refractivity contribution in [2.75, 3.05) is 33.6 Å². The number of aryl methyl sites for hydroxylation is 1. The van der Waals surface area contributed by atoms with Gasteiger partial charge >= 0.3 is 0 Å². The molecule has 1 aliphatic heterocycles. The van der Waals surface area contributed by atoms with Gasteiger partial charge in [0.25, 0.3) is 5.56 Å². The molecule has 8 heteroatoms. The Morgan fingerprint density at radius 3 is 2.83 bits per heavy atom. The van der Waals surface area contributed by atoms with Gasteiger partial charge in [0.15, 0.2) is 11.4 Å². The molecular formula is C21H25N3O3S2. The van der Waals surface area contributed by atoms with E-state index >= 15 is 0 Å². The monoisotopic (exact) mass is 431 g/mol. The second-order valence-corrected chi connectivity index (χ2v) is 9.33. The summed E-state index contributed by atoms with van der Waals surface area (Å²) in [6.07, 6.45) is 0.530. The summed E-state index contributed by atoms with van der Waals surface area (Å²) >= 11 is 3.12. The number of thioether (sulfide) groups is 1. The third kappa shape index (κ3) is 4.00. The fourth-order valence-electron chi connectivity index (χ4n) is 3.62. The molecule has 0 bridgehead atoms. The lowest BCUT2D eigenvalue weighted by Crippen LogP contribution is -2.27. The molecule has 4 rings (SSSR count). The number of methoxy groups -OCH3 is 2. The smallest absolute Gasteiger partial charge is 0.267 e. The number of aromatic nitrogens is 2. The number of hydrogen-bond donors (Lipinski definition) is 0. The number of nitrogens with zero attached hydrogens (tertiary/aromatic N) is 3. The molecule has 154 valence electrons. The van der Waals surface area contributed by atoms with E-state index in [1.165, 1.54) is 22.2 Å². The van der Waals surface area contributed by atoms with Gasteiger partial charge in [-0.05, 0) is 43.7 Å². The summed E-state index contributed by atoms with van der Waals surface area (Å²) < 4.78 is 12.4. The first-order valence-corrected chi connectivity index (χ1v) is 11.3. The van der Waals surface area contributed by atoms with Gasteiger partial charge in [-0.15, -0.1) is 11.3 Å². The van der Waals surface area contributed by atoms with Crippen molar-refractivity contribution in [1.82, 2.24) is 14.5 Å². The van der Waals surface area contributed by atoms with E-state index in [2.05, 4.69) is 11.9 Å². The van der Waals surface area contributed by atoms with E-state index in [0.717, 1.165) is 41.0 Å². The largest absolute Gasteiger partial charge is 0.355 e. The van der Waals surface area contributed by atoms with Gasteiger partial charge in [0.1, 0.15) is 4.83 Å². The summed E-state index contributed by atoms with van der Waals surface area (Å²) in [6, 6.07) is 7.99. The third-order valence-corrected chi connectivity index (χ3v) is 7.25. The second-order valence-electron chi connectivity index (χ2n) is 7.26. The SMILES string of the molecule is COC(CSc1nc2sc3c(c2c(=O)n1-c1cccc(C)c1)CCN(C)C3)OC. The molecule has 0 saturated heterocycles. The highest BCUT2D eigenvalue weighted by Gasteiger charge is 2.24. The topological polar surface area (TPSA) is 56.6 Å². The molecular weight excluding hydrogens is 406 g/mol. The lowest BCUT2D eigenvalue weighted by molar-refractivity contribution is -0.0842. The third-order valence-electron chi connectivity index (χ3n) is 5.17. The van der Waals surface area contributed by atoms with Gasteiger partial charge in [0.2, 0.25) is 0 Å². The highest BCUT2D eigenvalue weighted by atomic mass is 32.2. The zero-order valence-electron chi connectivity index (χ0n) is 17.1. The highest BCUT2D eigenvalue weighted by molar-refractivity contribution is 7.99. The first-order chi connectivity index (χ1) is 14.0. The molecule has 1 aromatic carbocycles. The van der Waals surface area contributed by atoms with Gasteiger partial charge in [0.05, 0.1) is 16.8 Å². The molecule has 0 spiro atoms. The Hall–Kier alpha value is -1.71. The molecule has 0 radical (unpaired) electrons. The molecule has 0 amide bonds. The first kappa shape index (κ1) is 20.6. The average molecular weight is 432 g/mol. The maximum atomic E-state index is 13.7. The molecule has 6 nitrogen and oxygen atoms in total. The predicted molar refractivity (Wildman–Crippen MR) is 119 cm³/mol. The van der Waals surface area contributed by atoms with Crippen LogP contribution in [0.3, 0.4) is 0 Å². The number of rotatable bonds is 6. The minimum Gasteiger partial charge on any atom is -0.355 e. The number of fused-ring (bicyclic) bond motifs is 3. The average Bonchev–Trinajstić information content (AvgIpc) is 3.06. The van der Waals surface area contributed by atoms with Crippen LogP contribution in [-0.4, -0.2) is 54.3 Å². The molecule has 0 saturated carbocycles. The quantitative estimate of drug-likeness (QED) is 0.339. The molecule has 2 aromatic heterocycles. The molecule has 3 heterocycles. The van der Waals surface area contributed by atoms with Gasteiger partial charge in [-0.25, -0.2) is 4.98 Å². The van der Waals surface area contributed by atoms with Crippen LogP contribution in [0.4, 0.5) is 0 Å². The van der Waals surface area contributed by atoms with E-state index in [1.54, 1.807) is 30.1 Å². The number of likely N-dealkylation sites (N-methyl/N-ethyl adjacent to an activating group) is 1. The highest BCUT2D eigenvalue weighted by Crippen LogP contribution is 2.34. The number of hydrogen-bond acceptors (Lipinski definition) is 7. The summed E-state index contributed by atoms with van der Waals surface area (Å²) in [4.78, 5) is 23.0. The lowest BCUT2D eigenvalue weighted by Gasteiger charge is -2.22. The van der Waals surface area contributed by atoms with Crippen molar-refractivity contribution in [3.63, 3.8) is 0 Å². The van der Waals surface area contributed by atoms with Crippen LogP contribution in [0.5, 0.6) is 0 Å². The molecule has 0 N–H and O–H groups in total. The van der Waals surface area contributed by atoms with E-state index in [1.807, 2.05) is 31.2 Å². The first-order valence-electron chi connectivity index (χ1n) is 9.53. The van der Waals surface area contributed by atoms with Crippen molar-refractivity contribution in [3.05, 3.63) is 50.6 Å². The van der Waals surface area contributed by atoms with Crippen LogP contribution in [0.2, 0.25) is 0 Å². The van der Waals surface area contributed by atoms with Crippen molar-refractivity contribution in [2.24, 2.45) is 0 Å². The Morgan fingerprint density at radius 1 is 1.31 bits per heavy atom. The molecule has 0 unspecified atom stereocenters. The summed E-state index contributed by atoms with van der Waals surface area (Å²) in [5, 5.41) is 1.44. The van der Waals surface area contributed by atoms with Crippen LogP contribution in [-0.2, 0) is 22.4 Å². The van der Waals surface area contributed by atoms with E-state index < -0.39 is 0 Å². The molecule has 0 fully saturated rings. The molecule has 3 aromatic rings. The maximum Gasteiger partial charge on any atom is 0.267 e. The molecule has 29 heavy (non-hydrogen) atoms. The van der Waals surface area contributed by atoms with Crippen LogP contribution in [0.25, 0.3) is 15.9 Å². The number of benzene rings is 1. The van der Waals surface area contributed by atoms with Crippen molar-refractivity contribution in [1.29, 1.82) is 0 Å². The van der Waals surface area contributed by atoms with Gasteiger partial charge in [-0.2, -0.15) is 0 Å². The molecule has 0 atom stereocenters. The Bertz CT molecular complexity index is 1090. The van der Waals surface area contributed by atoms with Crippen LogP contribution in [0.15, 0.2) is 34.2 Å². The van der Waals surface area contributed by atoms with Crippen LogP contribution in [0, 0.1) is 6.92 Å². The van der Waals surface area contributed by atoms with E-state index in [4.69, 9.17) is 14.5 Å². The number of ether oxygens (including phenoxy) is 2. The van der Waals surface area contributed by atoms with Gasteiger partial charge in [-0.3, -0.25) is 9.36 Å². The second kappa shape index (κ2) is 8.57. The van der Waals surface area contributed by atoms with Crippen molar-refractivity contribution < 1.29 is 9.47 Å². The minimum atomic E-state index is -0.358. The van der Waals surface area contributed by atoms with Crippen molar-refractivity contribution >= 4 is 33.3 Å². The fraction of sp³-hybridized carbons (Fsp3) is 0.429. The Balaban J connectivity index is 1.90. The van der Waals surface area contributed by atoms with E-state index in [-0.39, 0.29) is 11.8 Å². The predicted octanol–water partition coefficient (Wildman–Crippen LogP) is 3.45. The van der Waals surface area contributed by atoms with Crippen molar-refractivity contribution in [3.8, 4) is 5.69 Å². The van der Waals surface area contributed by atoms with E-state index in [9.17, 15) is 4.79 Å². The summed E-state index contributed by atoms with van der Waals surface area (Å²) in [7, 11) is 5.34. The van der Waals surface area contributed by atoms with E-state index in [0.29, 0.717) is 10.9 Å². The Labute approximate surface area is 178 Å². The Kier molecular flexibility index (Phi) is 6.08. The fourth-order valence-corrected chi connectivity index (χ4v) is 6.00. The zero-order valence-corrected chi connectivity index (χ0v) is 18.7.